The highest BCUT2D eigenvalue weighted by Crippen LogP contribution is 2.30. The van der Waals surface area contributed by atoms with Crippen LogP contribution < -0.4 is 9.47 Å². The fourth-order valence-corrected chi connectivity index (χ4v) is 3.00. The van der Waals surface area contributed by atoms with Crippen LogP contribution in [-0.2, 0) is 9.47 Å². The average molecular weight is 321 g/mol. The van der Waals surface area contributed by atoms with Crippen molar-refractivity contribution >= 4 is 0 Å². The lowest BCUT2D eigenvalue weighted by Crippen LogP contribution is -2.42. The monoisotopic (exact) mass is 321 g/mol. The van der Waals surface area contributed by atoms with E-state index in [4.69, 9.17) is 18.9 Å². The van der Waals surface area contributed by atoms with E-state index in [9.17, 15) is 0 Å². The first-order valence-corrected chi connectivity index (χ1v) is 8.65. The first-order chi connectivity index (χ1) is 11.3. The van der Waals surface area contributed by atoms with Gasteiger partial charge in [-0.05, 0) is 31.5 Å². The third-order valence-corrected chi connectivity index (χ3v) is 4.36. The fraction of sp³-hybridized carbons (Fsp3) is 0.667. The zero-order chi connectivity index (χ0) is 15.9. The van der Waals surface area contributed by atoms with E-state index in [1.807, 2.05) is 24.3 Å². The second-order valence-electron chi connectivity index (χ2n) is 6.10. The highest BCUT2D eigenvalue weighted by atomic mass is 16.6. The van der Waals surface area contributed by atoms with Crippen molar-refractivity contribution in [1.82, 2.24) is 4.90 Å². The van der Waals surface area contributed by atoms with E-state index in [-0.39, 0.29) is 6.10 Å². The molecule has 5 nitrogen and oxygen atoms in total. The lowest BCUT2D eigenvalue weighted by atomic mass is 10.2. The Labute approximate surface area is 138 Å². The van der Waals surface area contributed by atoms with Gasteiger partial charge in [-0.25, -0.2) is 0 Å². The van der Waals surface area contributed by atoms with Crippen LogP contribution >= 0.6 is 0 Å². The highest BCUT2D eigenvalue weighted by Gasteiger charge is 2.22. The molecule has 0 bridgehead atoms. The molecule has 0 amide bonds. The lowest BCUT2D eigenvalue weighted by molar-refractivity contribution is 0.00441. The predicted molar refractivity (Wildman–Crippen MR) is 88.3 cm³/mol. The first kappa shape index (κ1) is 16.6. The molecule has 0 N–H and O–H groups in total. The smallest absolute Gasteiger partial charge is 0.161 e. The number of para-hydroxylation sites is 2. The van der Waals surface area contributed by atoms with Crippen molar-refractivity contribution in [3.05, 3.63) is 24.3 Å². The van der Waals surface area contributed by atoms with Crippen molar-refractivity contribution in [3.8, 4) is 11.5 Å². The van der Waals surface area contributed by atoms with Crippen LogP contribution in [0.2, 0.25) is 0 Å². The molecule has 0 unspecified atom stereocenters. The molecule has 0 aromatic heterocycles. The van der Waals surface area contributed by atoms with Crippen LogP contribution in [0.5, 0.6) is 11.5 Å². The molecule has 5 heteroatoms. The molecule has 1 fully saturated rings. The minimum absolute atomic E-state index is 0.0722. The van der Waals surface area contributed by atoms with Gasteiger partial charge in [0.15, 0.2) is 11.5 Å². The first-order valence-electron chi connectivity index (χ1n) is 8.65. The summed E-state index contributed by atoms with van der Waals surface area (Å²) in [6, 6.07) is 7.85. The van der Waals surface area contributed by atoms with Gasteiger partial charge in [-0.3, -0.25) is 4.90 Å². The Balaban J connectivity index is 1.37. The molecule has 1 saturated heterocycles. The summed E-state index contributed by atoms with van der Waals surface area (Å²) in [6.07, 6.45) is 2.67. The van der Waals surface area contributed by atoms with Crippen molar-refractivity contribution in [3.63, 3.8) is 0 Å². The normalized spacial score (nSPS) is 23.4. The summed E-state index contributed by atoms with van der Waals surface area (Å²) in [5.74, 6) is 1.68. The molecule has 23 heavy (non-hydrogen) atoms. The largest absolute Gasteiger partial charge is 0.486 e. The Morgan fingerprint density at radius 2 is 2.09 bits per heavy atom. The summed E-state index contributed by atoms with van der Waals surface area (Å²) in [4.78, 5) is 2.34. The maximum Gasteiger partial charge on any atom is 0.161 e. The average Bonchev–Trinajstić information content (AvgIpc) is 3.11. The number of likely N-dealkylation sites (N-methyl/N-ethyl adjacent to an activating group) is 1. The van der Waals surface area contributed by atoms with Crippen molar-refractivity contribution < 1.29 is 18.9 Å². The van der Waals surface area contributed by atoms with Crippen LogP contribution in [0.25, 0.3) is 0 Å². The molecule has 1 aromatic carbocycles. The van der Waals surface area contributed by atoms with Gasteiger partial charge in [0.1, 0.15) is 12.7 Å². The molecular formula is C18H27NO4. The van der Waals surface area contributed by atoms with E-state index in [1.54, 1.807) is 0 Å². The Kier molecular flexibility index (Phi) is 6.13. The molecule has 2 aliphatic heterocycles. The summed E-state index contributed by atoms with van der Waals surface area (Å²) in [5.41, 5.74) is 0. The van der Waals surface area contributed by atoms with Gasteiger partial charge < -0.3 is 18.9 Å². The summed E-state index contributed by atoms with van der Waals surface area (Å²) in [6.45, 7) is 7.84. The predicted octanol–water partition coefficient (Wildman–Crippen LogP) is 2.34. The van der Waals surface area contributed by atoms with E-state index in [0.29, 0.717) is 19.3 Å². The molecule has 2 heterocycles. The molecule has 128 valence electrons. The van der Waals surface area contributed by atoms with Crippen LogP contribution in [0, 0.1) is 0 Å². The third kappa shape index (κ3) is 4.83. The van der Waals surface area contributed by atoms with Crippen LogP contribution in [0.15, 0.2) is 24.3 Å². The van der Waals surface area contributed by atoms with E-state index >= 15 is 0 Å². The molecule has 2 aliphatic rings. The number of ether oxygens (including phenoxy) is 4. The lowest BCUT2D eigenvalue weighted by Gasteiger charge is -2.30. The van der Waals surface area contributed by atoms with Gasteiger partial charge in [0.05, 0.1) is 19.3 Å². The second-order valence-corrected chi connectivity index (χ2v) is 6.10. The van der Waals surface area contributed by atoms with Gasteiger partial charge >= 0.3 is 0 Å². The van der Waals surface area contributed by atoms with Crippen LogP contribution in [0.3, 0.4) is 0 Å². The SMILES string of the molecule is CCN(CCOC[C@H]1CCCO1)C[C@H]1COc2ccccc2O1. The maximum absolute atomic E-state index is 6.02. The Morgan fingerprint density at radius 3 is 2.87 bits per heavy atom. The number of fused-ring (bicyclic) bond motifs is 1. The molecule has 0 saturated carbocycles. The van der Waals surface area contributed by atoms with Gasteiger partial charge in [-0.15, -0.1) is 0 Å². The van der Waals surface area contributed by atoms with Gasteiger partial charge in [-0.1, -0.05) is 19.1 Å². The van der Waals surface area contributed by atoms with Crippen molar-refractivity contribution in [2.75, 3.05) is 46.1 Å². The van der Waals surface area contributed by atoms with Crippen LogP contribution in [0.1, 0.15) is 19.8 Å². The zero-order valence-corrected chi connectivity index (χ0v) is 13.9. The van der Waals surface area contributed by atoms with Crippen molar-refractivity contribution in [2.24, 2.45) is 0 Å². The second kappa shape index (κ2) is 8.52. The van der Waals surface area contributed by atoms with Gasteiger partial charge in [0.25, 0.3) is 0 Å². The minimum Gasteiger partial charge on any atom is -0.486 e. The summed E-state index contributed by atoms with van der Waals surface area (Å²) >= 11 is 0. The number of nitrogens with zero attached hydrogens (tertiary/aromatic N) is 1. The summed E-state index contributed by atoms with van der Waals surface area (Å²) in [7, 11) is 0. The standard InChI is InChI=1S/C18H27NO4/c1-2-19(9-11-20-13-15-6-5-10-21-15)12-16-14-22-17-7-3-4-8-18(17)23-16/h3-4,7-8,15-16H,2,5-6,9-14H2,1H3/t15-,16+/m1/s1. The minimum atomic E-state index is 0.0722. The van der Waals surface area contributed by atoms with Gasteiger partial charge in [0, 0.05) is 19.7 Å². The summed E-state index contributed by atoms with van der Waals surface area (Å²) < 4.78 is 23.1. The number of hydrogen-bond acceptors (Lipinski definition) is 5. The fourth-order valence-electron chi connectivity index (χ4n) is 3.00. The van der Waals surface area contributed by atoms with E-state index in [2.05, 4.69) is 11.8 Å². The van der Waals surface area contributed by atoms with Crippen molar-refractivity contribution in [2.45, 2.75) is 32.0 Å². The molecule has 0 aliphatic carbocycles. The molecule has 0 radical (unpaired) electrons. The number of hydrogen-bond donors (Lipinski definition) is 0. The van der Waals surface area contributed by atoms with Crippen LogP contribution in [-0.4, -0.2) is 63.2 Å². The number of rotatable bonds is 8. The Morgan fingerprint density at radius 1 is 1.22 bits per heavy atom. The van der Waals surface area contributed by atoms with E-state index < -0.39 is 0 Å². The summed E-state index contributed by atoms with van der Waals surface area (Å²) in [5, 5.41) is 0. The van der Waals surface area contributed by atoms with Gasteiger partial charge in [-0.2, -0.15) is 0 Å². The van der Waals surface area contributed by atoms with E-state index in [0.717, 1.165) is 57.2 Å². The molecule has 0 spiro atoms. The third-order valence-electron chi connectivity index (χ3n) is 4.36. The van der Waals surface area contributed by atoms with Gasteiger partial charge in [0.2, 0.25) is 0 Å². The molecule has 2 atom stereocenters. The Hall–Kier alpha value is -1.30. The Bertz CT molecular complexity index is 476. The topological polar surface area (TPSA) is 40.2 Å². The maximum atomic E-state index is 6.02. The molecule has 3 rings (SSSR count). The highest BCUT2D eigenvalue weighted by molar-refractivity contribution is 5.40. The van der Waals surface area contributed by atoms with E-state index in [1.165, 1.54) is 0 Å². The number of benzene rings is 1. The zero-order valence-electron chi connectivity index (χ0n) is 13.9. The quantitative estimate of drug-likeness (QED) is 0.687. The van der Waals surface area contributed by atoms with Crippen molar-refractivity contribution in [1.29, 1.82) is 0 Å². The molecule has 1 aromatic rings. The molecular weight excluding hydrogens is 294 g/mol. The van der Waals surface area contributed by atoms with Crippen LogP contribution in [0.4, 0.5) is 0 Å².